The van der Waals surface area contributed by atoms with E-state index in [1.54, 1.807) is 6.92 Å². The highest BCUT2D eigenvalue weighted by Gasteiger charge is 2.17. The van der Waals surface area contributed by atoms with Crippen molar-refractivity contribution in [3.8, 4) is 0 Å². The minimum absolute atomic E-state index is 0.130. The molecule has 0 saturated carbocycles. The van der Waals surface area contributed by atoms with Crippen molar-refractivity contribution in [3.63, 3.8) is 0 Å². The van der Waals surface area contributed by atoms with Gasteiger partial charge in [0.1, 0.15) is 6.10 Å². The van der Waals surface area contributed by atoms with Gasteiger partial charge in [0.05, 0.1) is 35.1 Å². The van der Waals surface area contributed by atoms with Gasteiger partial charge >= 0.3 is 0 Å². The highest BCUT2D eigenvalue weighted by molar-refractivity contribution is 6.40. The number of carbonyl (C=O) groups is 1. The summed E-state index contributed by atoms with van der Waals surface area (Å²) in [6.45, 7) is 6.26. The number of benzene rings is 1. The van der Waals surface area contributed by atoms with Gasteiger partial charge in [0, 0.05) is 5.69 Å². The van der Waals surface area contributed by atoms with Gasteiger partial charge in [-0.15, -0.1) is 0 Å². The van der Waals surface area contributed by atoms with E-state index in [9.17, 15) is 4.79 Å². The second kappa shape index (κ2) is 8.44. The zero-order valence-electron chi connectivity index (χ0n) is 12.3. The zero-order valence-corrected chi connectivity index (χ0v) is 13.8. The fourth-order valence-electron chi connectivity index (χ4n) is 1.52. The molecule has 0 aliphatic rings. The number of nitrogen functional groups attached to an aromatic ring is 1. The maximum Gasteiger partial charge on any atom is 0.253 e. The molecule has 3 N–H and O–H groups in total. The molecule has 1 atom stereocenters. The first kappa shape index (κ1) is 18.0. The lowest BCUT2D eigenvalue weighted by Crippen LogP contribution is -2.29. The van der Waals surface area contributed by atoms with E-state index in [1.165, 1.54) is 12.1 Å². The van der Waals surface area contributed by atoms with E-state index in [0.29, 0.717) is 24.6 Å². The Balaban J connectivity index is 2.53. The highest BCUT2D eigenvalue weighted by atomic mass is 35.5. The number of ether oxygens (including phenoxy) is 2. The summed E-state index contributed by atoms with van der Waals surface area (Å²) in [7, 11) is 0. The van der Waals surface area contributed by atoms with E-state index in [-0.39, 0.29) is 22.1 Å². The molecule has 0 spiro atoms. The summed E-state index contributed by atoms with van der Waals surface area (Å²) in [5.41, 5.74) is 6.36. The quantitative estimate of drug-likeness (QED) is 0.592. The Labute approximate surface area is 134 Å². The predicted octanol–water partition coefficient (Wildman–Crippen LogP) is 3.34. The maximum atomic E-state index is 12.0. The van der Waals surface area contributed by atoms with Crippen LogP contribution in [0.1, 0.15) is 20.8 Å². The first-order valence-corrected chi connectivity index (χ1v) is 7.35. The highest BCUT2D eigenvalue weighted by Crippen LogP contribution is 2.32. The maximum absolute atomic E-state index is 12.0. The lowest BCUT2D eigenvalue weighted by atomic mass is 10.2. The van der Waals surface area contributed by atoms with Crippen molar-refractivity contribution >= 4 is 40.5 Å². The molecule has 1 aromatic rings. The zero-order chi connectivity index (χ0) is 16.0. The van der Waals surface area contributed by atoms with Gasteiger partial charge in [-0.3, -0.25) is 4.79 Å². The third-order valence-corrected chi connectivity index (χ3v) is 3.18. The van der Waals surface area contributed by atoms with Crippen molar-refractivity contribution in [2.45, 2.75) is 33.0 Å². The molecular weight excluding hydrogens is 315 g/mol. The van der Waals surface area contributed by atoms with Crippen molar-refractivity contribution in [1.82, 2.24) is 0 Å². The van der Waals surface area contributed by atoms with Crippen LogP contribution in [0, 0.1) is 0 Å². The standard InChI is InChI=1S/C14H20Cl2N2O3/c1-8(2)20-4-5-21-9(3)14(19)18-13-11(15)6-10(17)7-12(13)16/h6-9H,4-5,17H2,1-3H3,(H,18,19). The topological polar surface area (TPSA) is 73.6 Å². The Bertz CT molecular complexity index is 472. The molecule has 1 unspecified atom stereocenters. The van der Waals surface area contributed by atoms with E-state index in [0.717, 1.165) is 0 Å². The number of hydrogen-bond donors (Lipinski definition) is 2. The first-order chi connectivity index (χ1) is 9.81. The molecule has 118 valence electrons. The second-order valence-electron chi connectivity index (χ2n) is 4.78. The molecule has 0 radical (unpaired) electrons. The third-order valence-electron chi connectivity index (χ3n) is 2.58. The molecule has 0 heterocycles. The van der Waals surface area contributed by atoms with Crippen LogP contribution < -0.4 is 11.1 Å². The minimum Gasteiger partial charge on any atom is -0.399 e. The van der Waals surface area contributed by atoms with Crippen LogP contribution in [0.4, 0.5) is 11.4 Å². The second-order valence-corrected chi connectivity index (χ2v) is 5.60. The van der Waals surface area contributed by atoms with Gasteiger partial charge < -0.3 is 20.5 Å². The Morgan fingerprint density at radius 2 is 1.71 bits per heavy atom. The van der Waals surface area contributed by atoms with Crippen LogP contribution in [0.5, 0.6) is 0 Å². The summed E-state index contributed by atoms with van der Waals surface area (Å²) in [5, 5.41) is 3.19. The fraction of sp³-hybridized carbons (Fsp3) is 0.500. The average Bonchev–Trinajstić information content (AvgIpc) is 2.38. The molecule has 0 aliphatic carbocycles. The Morgan fingerprint density at radius 1 is 1.19 bits per heavy atom. The van der Waals surface area contributed by atoms with E-state index >= 15 is 0 Å². The predicted molar refractivity (Wildman–Crippen MR) is 86.0 cm³/mol. The molecule has 1 amide bonds. The number of hydrogen-bond acceptors (Lipinski definition) is 4. The molecule has 0 aliphatic heterocycles. The molecule has 21 heavy (non-hydrogen) atoms. The molecule has 0 saturated heterocycles. The SMILES string of the molecule is CC(C)OCCOC(C)C(=O)Nc1c(Cl)cc(N)cc1Cl. The molecule has 0 bridgehead atoms. The summed E-state index contributed by atoms with van der Waals surface area (Å²) in [6.07, 6.45) is -0.518. The lowest BCUT2D eigenvalue weighted by Gasteiger charge is -2.16. The van der Waals surface area contributed by atoms with Crippen LogP contribution in [-0.4, -0.2) is 31.3 Å². The van der Waals surface area contributed by atoms with E-state index in [2.05, 4.69) is 5.32 Å². The van der Waals surface area contributed by atoms with Gasteiger partial charge in [0.25, 0.3) is 5.91 Å². The molecule has 7 heteroatoms. The molecular formula is C14H20Cl2N2O3. The summed E-state index contributed by atoms with van der Waals surface area (Å²) in [5.74, 6) is -0.340. The minimum atomic E-state index is -0.648. The summed E-state index contributed by atoms with van der Waals surface area (Å²) >= 11 is 12.0. The Morgan fingerprint density at radius 3 is 2.24 bits per heavy atom. The Hall–Kier alpha value is -1.01. The third kappa shape index (κ3) is 6.09. The van der Waals surface area contributed by atoms with Crippen LogP contribution in [-0.2, 0) is 14.3 Å². The number of nitrogens with two attached hydrogens (primary N) is 1. The largest absolute Gasteiger partial charge is 0.399 e. The van der Waals surface area contributed by atoms with Crippen molar-refractivity contribution < 1.29 is 14.3 Å². The number of amides is 1. The van der Waals surface area contributed by atoms with Crippen LogP contribution in [0.2, 0.25) is 10.0 Å². The van der Waals surface area contributed by atoms with Crippen LogP contribution >= 0.6 is 23.2 Å². The summed E-state index contributed by atoms with van der Waals surface area (Å²) < 4.78 is 10.7. The first-order valence-electron chi connectivity index (χ1n) is 6.59. The van der Waals surface area contributed by atoms with Crippen molar-refractivity contribution in [3.05, 3.63) is 22.2 Å². The molecule has 0 fully saturated rings. The van der Waals surface area contributed by atoms with E-state index in [1.807, 2.05) is 13.8 Å². The van der Waals surface area contributed by atoms with Gasteiger partial charge in [-0.05, 0) is 32.9 Å². The van der Waals surface area contributed by atoms with E-state index < -0.39 is 6.10 Å². The Kier molecular flexibility index (Phi) is 7.25. The number of carbonyl (C=O) groups excluding carboxylic acids is 1. The molecule has 5 nitrogen and oxygen atoms in total. The van der Waals surface area contributed by atoms with Gasteiger partial charge in [-0.2, -0.15) is 0 Å². The molecule has 1 aromatic carbocycles. The number of halogens is 2. The fourth-order valence-corrected chi connectivity index (χ4v) is 2.12. The van der Waals surface area contributed by atoms with E-state index in [4.69, 9.17) is 38.4 Å². The number of anilines is 2. The number of nitrogens with one attached hydrogen (secondary N) is 1. The number of rotatable bonds is 7. The van der Waals surface area contributed by atoms with Crippen molar-refractivity contribution in [1.29, 1.82) is 0 Å². The van der Waals surface area contributed by atoms with Crippen molar-refractivity contribution in [2.75, 3.05) is 24.3 Å². The van der Waals surface area contributed by atoms with Crippen LogP contribution in [0.3, 0.4) is 0 Å². The molecule has 0 aromatic heterocycles. The van der Waals surface area contributed by atoms with Crippen LogP contribution in [0.25, 0.3) is 0 Å². The monoisotopic (exact) mass is 334 g/mol. The van der Waals surface area contributed by atoms with Crippen molar-refractivity contribution in [2.24, 2.45) is 0 Å². The lowest BCUT2D eigenvalue weighted by molar-refractivity contribution is -0.127. The average molecular weight is 335 g/mol. The van der Waals surface area contributed by atoms with Gasteiger partial charge in [0.2, 0.25) is 0 Å². The van der Waals surface area contributed by atoms with Gasteiger partial charge in [-0.1, -0.05) is 23.2 Å². The molecule has 1 rings (SSSR count). The normalized spacial score (nSPS) is 12.5. The van der Waals surface area contributed by atoms with Gasteiger partial charge in [-0.25, -0.2) is 0 Å². The summed E-state index contributed by atoms with van der Waals surface area (Å²) in [6, 6.07) is 3.04. The summed E-state index contributed by atoms with van der Waals surface area (Å²) in [4.78, 5) is 12.0. The van der Waals surface area contributed by atoms with Crippen LogP contribution in [0.15, 0.2) is 12.1 Å². The smallest absolute Gasteiger partial charge is 0.253 e. The van der Waals surface area contributed by atoms with Gasteiger partial charge in [0.15, 0.2) is 0 Å².